The minimum Gasteiger partial charge on any atom is -0.492 e. The van der Waals surface area contributed by atoms with E-state index in [0.717, 1.165) is 5.39 Å². The van der Waals surface area contributed by atoms with E-state index in [2.05, 4.69) is 26.8 Å². The van der Waals surface area contributed by atoms with Crippen LogP contribution in [0.15, 0.2) is 36.7 Å². The van der Waals surface area contributed by atoms with E-state index in [1.165, 1.54) is 6.07 Å². The molecule has 0 aliphatic carbocycles. The van der Waals surface area contributed by atoms with Gasteiger partial charge in [-0.2, -0.15) is 0 Å². The van der Waals surface area contributed by atoms with Crippen LogP contribution in [0.5, 0.6) is 5.75 Å². The Hall–Kier alpha value is -2.87. The number of rotatable bonds is 2. The first-order valence-corrected chi connectivity index (χ1v) is 6.51. The average molecular weight is 281 g/mol. The SMILES string of the molecule is CCOc1cccc(F)c1C#Cc1ncc2cc[nH]c2n1. The van der Waals surface area contributed by atoms with Crippen LogP contribution < -0.4 is 4.74 Å². The molecule has 0 fully saturated rings. The van der Waals surface area contributed by atoms with Crippen molar-refractivity contribution in [1.29, 1.82) is 0 Å². The Labute approximate surface area is 121 Å². The quantitative estimate of drug-likeness (QED) is 0.735. The van der Waals surface area contributed by atoms with Gasteiger partial charge < -0.3 is 9.72 Å². The first-order valence-electron chi connectivity index (χ1n) is 6.51. The van der Waals surface area contributed by atoms with Gasteiger partial charge in [-0.15, -0.1) is 0 Å². The maximum Gasteiger partial charge on any atom is 0.207 e. The van der Waals surface area contributed by atoms with Gasteiger partial charge in [0.1, 0.15) is 22.8 Å². The number of benzene rings is 1. The Morgan fingerprint density at radius 1 is 1.29 bits per heavy atom. The minimum atomic E-state index is -0.422. The lowest BCUT2D eigenvalue weighted by Crippen LogP contribution is -1.96. The van der Waals surface area contributed by atoms with Crippen molar-refractivity contribution in [2.24, 2.45) is 0 Å². The molecule has 3 aromatic rings. The molecule has 104 valence electrons. The maximum atomic E-state index is 13.9. The molecule has 21 heavy (non-hydrogen) atoms. The molecule has 1 N–H and O–H groups in total. The van der Waals surface area contributed by atoms with E-state index in [1.807, 2.05) is 13.0 Å². The van der Waals surface area contributed by atoms with Crippen LogP contribution in [0.2, 0.25) is 0 Å². The fraction of sp³-hybridized carbons (Fsp3) is 0.125. The standard InChI is InChI=1S/C16H12FN3O/c1-2-21-14-5-3-4-13(17)12(14)6-7-15-19-10-11-8-9-18-16(11)20-15/h3-5,8-10H,2H2,1H3,(H,18,19,20). The Morgan fingerprint density at radius 2 is 2.19 bits per heavy atom. The van der Waals surface area contributed by atoms with Gasteiger partial charge in [0.2, 0.25) is 5.82 Å². The first-order chi connectivity index (χ1) is 10.3. The summed E-state index contributed by atoms with van der Waals surface area (Å²) < 4.78 is 19.2. The second-order valence-corrected chi connectivity index (χ2v) is 4.27. The highest BCUT2D eigenvalue weighted by Gasteiger charge is 2.06. The van der Waals surface area contributed by atoms with Gasteiger partial charge in [0, 0.05) is 17.8 Å². The van der Waals surface area contributed by atoms with Crippen molar-refractivity contribution in [3.05, 3.63) is 53.9 Å². The van der Waals surface area contributed by atoms with Gasteiger partial charge in [-0.3, -0.25) is 0 Å². The van der Waals surface area contributed by atoms with Crippen LogP contribution in [0.25, 0.3) is 11.0 Å². The highest BCUT2D eigenvalue weighted by Crippen LogP contribution is 2.20. The summed E-state index contributed by atoms with van der Waals surface area (Å²) in [7, 11) is 0. The molecule has 0 atom stereocenters. The highest BCUT2D eigenvalue weighted by atomic mass is 19.1. The molecule has 0 saturated heterocycles. The molecule has 4 nitrogen and oxygen atoms in total. The van der Waals surface area contributed by atoms with Crippen molar-refractivity contribution in [2.75, 3.05) is 6.61 Å². The summed E-state index contributed by atoms with van der Waals surface area (Å²) in [6.07, 6.45) is 3.45. The third-order valence-corrected chi connectivity index (χ3v) is 2.87. The number of nitrogens with one attached hydrogen (secondary N) is 1. The summed E-state index contributed by atoms with van der Waals surface area (Å²) >= 11 is 0. The van der Waals surface area contributed by atoms with Gasteiger partial charge in [-0.25, -0.2) is 14.4 Å². The minimum absolute atomic E-state index is 0.217. The Kier molecular flexibility index (Phi) is 3.52. The molecule has 0 spiro atoms. The number of aromatic nitrogens is 3. The number of halogens is 1. The van der Waals surface area contributed by atoms with Crippen LogP contribution in [0.3, 0.4) is 0 Å². The van der Waals surface area contributed by atoms with Gasteiger partial charge in [0.25, 0.3) is 0 Å². The molecule has 3 rings (SSSR count). The number of hydrogen-bond donors (Lipinski definition) is 1. The molecule has 2 aromatic heterocycles. The fourth-order valence-corrected chi connectivity index (χ4v) is 1.92. The third-order valence-electron chi connectivity index (χ3n) is 2.87. The van der Waals surface area contributed by atoms with Crippen molar-refractivity contribution in [1.82, 2.24) is 15.0 Å². The predicted molar refractivity (Wildman–Crippen MR) is 77.4 cm³/mol. The van der Waals surface area contributed by atoms with Crippen molar-refractivity contribution in [2.45, 2.75) is 6.92 Å². The number of H-pyrrole nitrogens is 1. The van der Waals surface area contributed by atoms with Gasteiger partial charge in [0.05, 0.1) is 6.61 Å². The molecule has 0 aliphatic rings. The first kappa shape index (κ1) is 13.1. The van der Waals surface area contributed by atoms with Crippen LogP contribution in [-0.2, 0) is 0 Å². The zero-order valence-corrected chi connectivity index (χ0v) is 11.4. The molecule has 0 aliphatic heterocycles. The fourth-order valence-electron chi connectivity index (χ4n) is 1.92. The summed E-state index contributed by atoms with van der Waals surface area (Å²) in [5.41, 5.74) is 0.919. The molecule has 2 heterocycles. The lowest BCUT2D eigenvalue weighted by atomic mass is 10.2. The number of nitrogens with zero attached hydrogens (tertiary/aromatic N) is 2. The Morgan fingerprint density at radius 3 is 3.05 bits per heavy atom. The Balaban J connectivity index is 2.00. The monoisotopic (exact) mass is 281 g/mol. The summed E-state index contributed by atoms with van der Waals surface area (Å²) in [4.78, 5) is 11.4. The topological polar surface area (TPSA) is 50.8 Å². The molecule has 0 unspecified atom stereocenters. The Bertz CT molecular complexity index is 845. The van der Waals surface area contributed by atoms with Crippen molar-refractivity contribution in [3.8, 4) is 17.6 Å². The highest BCUT2D eigenvalue weighted by molar-refractivity contribution is 5.74. The largest absolute Gasteiger partial charge is 0.492 e. The average Bonchev–Trinajstić information content (AvgIpc) is 2.94. The molecule has 5 heteroatoms. The summed E-state index contributed by atoms with van der Waals surface area (Å²) in [6, 6.07) is 6.50. The number of ether oxygens (including phenoxy) is 1. The van der Waals surface area contributed by atoms with E-state index in [1.54, 1.807) is 24.5 Å². The van der Waals surface area contributed by atoms with Crippen LogP contribution in [0.4, 0.5) is 4.39 Å². The predicted octanol–water partition coefficient (Wildman–Crippen LogP) is 2.90. The van der Waals surface area contributed by atoms with E-state index in [-0.39, 0.29) is 5.56 Å². The van der Waals surface area contributed by atoms with E-state index >= 15 is 0 Å². The summed E-state index contributed by atoms with van der Waals surface area (Å²) in [5, 5.41) is 0.904. The number of fused-ring (bicyclic) bond motifs is 1. The molecule has 0 radical (unpaired) electrons. The normalized spacial score (nSPS) is 10.2. The molecule has 0 amide bonds. The third kappa shape index (κ3) is 2.70. The van der Waals surface area contributed by atoms with Crippen LogP contribution >= 0.6 is 0 Å². The van der Waals surface area contributed by atoms with Crippen LogP contribution in [-0.4, -0.2) is 21.6 Å². The summed E-state index contributed by atoms with van der Waals surface area (Å²) in [6.45, 7) is 2.29. The molecule has 1 aromatic carbocycles. The lowest BCUT2D eigenvalue weighted by Gasteiger charge is -2.05. The second-order valence-electron chi connectivity index (χ2n) is 4.27. The zero-order chi connectivity index (χ0) is 14.7. The van der Waals surface area contributed by atoms with E-state index < -0.39 is 5.82 Å². The van der Waals surface area contributed by atoms with Gasteiger partial charge in [-0.1, -0.05) is 12.0 Å². The smallest absolute Gasteiger partial charge is 0.207 e. The van der Waals surface area contributed by atoms with Gasteiger partial charge in [-0.05, 0) is 31.0 Å². The van der Waals surface area contributed by atoms with E-state index in [4.69, 9.17) is 4.74 Å². The van der Waals surface area contributed by atoms with Crippen LogP contribution in [0, 0.1) is 17.7 Å². The van der Waals surface area contributed by atoms with Gasteiger partial charge >= 0.3 is 0 Å². The number of hydrogen-bond acceptors (Lipinski definition) is 3. The number of aromatic amines is 1. The molecule has 0 bridgehead atoms. The lowest BCUT2D eigenvalue weighted by molar-refractivity contribution is 0.337. The van der Waals surface area contributed by atoms with Crippen molar-refractivity contribution >= 4 is 11.0 Å². The van der Waals surface area contributed by atoms with Crippen LogP contribution in [0.1, 0.15) is 18.3 Å². The van der Waals surface area contributed by atoms with Gasteiger partial charge in [0.15, 0.2) is 0 Å². The second kappa shape index (κ2) is 5.63. The maximum absolute atomic E-state index is 13.9. The molecule has 0 saturated carbocycles. The van der Waals surface area contributed by atoms with E-state index in [0.29, 0.717) is 23.8 Å². The van der Waals surface area contributed by atoms with E-state index in [9.17, 15) is 4.39 Å². The zero-order valence-electron chi connectivity index (χ0n) is 11.4. The van der Waals surface area contributed by atoms with Crippen molar-refractivity contribution < 1.29 is 9.13 Å². The van der Waals surface area contributed by atoms with Crippen molar-refractivity contribution in [3.63, 3.8) is 0 Å². The molecular weight excluding hydrogens is 269 g/mol. The summed E-state index contributed by atoms with van der Waals surface area (Å²) in [5.74, 6) is 5.85. The molecular formula is C16H12FN3O.